The van der Waals surface area contributed by atoms with Gasteiger partial charge in [-0.2, -0.15) is 10.5 Å². The number of para-hydroxylation sites is 1. The van der Waals surface area contributed by atoms with E-state index in [1.165, 1.54) is 0 Å². The third-order valence-corrected chi connectivity index (χ3v) is 3.23. The van der Waals surface area contributed by atoms with Crippen LogP contribution in [0.15, 0.2) is 29.8 Å². The van der Waals surface area contributed by atoms with Crippen molar-refractivity contribution in [1.82, 2.24) is 4.90 Å². The lowest BCUT2D eigenvalue weighted by Gasteiger charge is -2.26. The molecule has 0 bridgehead atoms. The first-order valence-electron chi connectivity index (χ1n) is 6.87. The number of nitriles is 2. The average Bonchev–Trinajstić information content (AvgIpc) is 2.55. The fourth-order valence-corrected chi connectivity index (χ4v) is 2.09. The molecule has 1 aliphatic heterocycles. The van der Waals surface area contributed by atoms with Crippen LogP contribution in [0.5, 0.6) is 5.75 Å². The van der Waals surface area contributed by atoms with Crippen LogP contribution in [0.3, 0.4) is 0 Å². The number of nitrogens with zero attached hydrogens (tertiary/aromatic N) is 3. The molecule has 0 spiro atoms. The second-order valence-electron chi connectivity index (χ2n) is 4.62. The Morgan fingerprint density at radius 1 is 1.24 bits per heavy atom. The van der Waals surface area contributed by atoms with Crippen molar-refractivity contribution in [3.05, 3.63) is 35.4 Å². The molecule has 0 N–H and O–H groups in total. The highest BCUT2D eigenvalue weighted by Gasteiger charge is 2.10. The fourth-order valence-electron chi connectivity index (χ4n) is 2.09. The molecule has 5 nitrogen and oxygen atoms in total. The number of benzene rings is 1. The minimum absolute atomic E-state index is 0.0687. The molecule has 0 saturated carbocycles. The average molecular weight is 283 g/mol. The fraction of sp³-hybridized carbons (Fsp3) is 0.375. The summed E-state index contributed by atoms with van der Waals surface area (Å²) >= 11 is 0. The van der Waals surface area contributed by atoms with Gasteiger partial charge in [-0.3, -0.25) is 4.90 Å². The highest BCUT2D eigenvalue weighted by molar-refractivity contribution is 5.66. The predicted molar refractivity (Wildman–Crippen MR) is 78.4 cm³/mol. The molecule has 2 rings (SSSR count). The molecule has 1 fully saturated rings. The maximum Gasteiger partial charge on any atom is 0.130 e. The standard InChI is InChI=1S/C16H17N3O2/c17-12-14(13-18)11-15-3-1-2-4-16(15)21-10-7-19-5-8-20-9-6-19/h1-4,11H,5-10H2. The summed E-state index contributed by atoms with van der Waals surface area (Å²) in [5, 5.41) is 17.6. The molecule has 0 aromatic heterocycles. The molecule has 0 atom stereocenters. The normalized spacial score (nSPS) is 14.8. The van der Waals surface area contributed by atoms with Gasteiger partial charge in [0.05, 0.1) is 13.2 Å². The van der Waals surface area contributed by atoms with Gasteiger partial charge < -0.3 is 9.47 Å². The van der Waals surface area contributed by atoms with Crippen LogP contribution in [0, 0.1) is 22.7 Å². The third-order valence-electron chi connectivity index (χ3n) is 3.23. The van der Waals surface area contributed by atoms with Crippen molar-refractivity contribution in [2.75, 3.05) is 39.5 Å². The van der Waals surface area contributed by atoms with Crippen LogP contribution in [-0.2, 0) is 4.74 Å². The lowest BCUT2D eigenvalue weighted by atomic mass is 10.1. The molecule has 1 heterocycles. The third kappa shape index (κ3) is 4.61. The number of ether oxygens (including phenoxy) is 2. The Morgan fingerprint density at radius 2 is 1.95 bits per heavy atom. The number of rotatable bonds is 5. The molecular weight excluding hydrogens is 266 g/mol. The van der Waals surface area contributed by atoms with E-state index in [1.54, 1.807) is 6.08 Å². The summed E-state index contributed by atoms with van der Waals surface area (Å²) in [6.45, 7) is 4.81. The summed E-state index contributed by atoms with van der Waals surface area (Å²) in [6.07, 6.45) is 1.55. The van der Waals surface area contributed by atoms with E-state index < -0.39 is 0 Å². The van der Waals surface area contributed by atoms with Gasteiger partial charge in [-0.15, -0.1) is 0 Å². The molecule has 1 aliphatic rings. The number of hydrogen-bond acceptors (Lipinski definition) is 5. The van der Waals surface area contributed by atoms with Crippen LogP contribution in [0.4, 0.5) is 0 Å². The maximum atomic E-state index is 8.82. The smallest absolute Gasteiger partial charge is 0.130 e. The van der Waals surface area contributed by atoms with Gasteiger partial charge >= 0.3 is 0 Å². The second kappa shape index (κ2) is 8.06. The summed E-state index contributed by atoms with van der Waals surface area (Å²) in [4.78, 5) is 2.29. The van der Waals surface area contributed by atoms with Crippen LogP contribution < -0.4 is 4.74 Å². The Morgan fingerprint density at radius 3 is 2.67 bits per heavy atom. The number of morpholine rings is 1. The molecule has 21 heavy (non-hydrogen) atoms. The van der Waals surface area contributed by atoms with Gasteiger partial charge in [-0.25, -0.2) is 0 Å². The molecule has 108 valence electrons. The zero-order valence-electron chi connectivity index (χ0n) is 11.8. The van der Waals surface area contributed by atoms with Crippen molar-refractivity contribution >= 4 is 6.08 Å². The van der Waals surface area contributed by atoms with Crippen molar-refractivity contribution in [3.8, 4) is 17.9 Å². The topological polar surface area (TPSA) is 69.3 Å². The van der Waals surface area contributed by atoms with E-state index in [4.69, 9.17) is 20.0 Å². The van der Waals surface area contributed by atoms with Gasteiger partial charge in [-0.05, 0) is 12.1 Å². The lowest BCUT2D eigenvalue weighted by Crippen LogP contribution is -2.38. The maximum absolute atomic E-state index is 8.82. The zero-order chi connectivity index (χ0) is 14.9. The van der Waals surface area contributed by atoms with Gasteiger partial charge in [-0.1, -0.05) is 18.2 Å². The molecule has 1 aromatic carbocycles. The van der Waals surface area contributed by atoms with E-state index in [-0.39, 0.29) is 5.57 Å². The molecular formula is C16H17N3O2. The molecule has 0 amide bonds. The quantitative estimate of drug-likeness (QED) is 0.771. The van der Waals surface area contributed by atoms with Crippen molar-refractivity contribution in [2.45, 2.75) is 0 Å². The van der Waals surface area contributed by atoms with Crippen LogP contribution in [0.2, 0.25) is 0 Å². The van der Waals surface area contributed by atoms with Crippen molar-refractivity contribution in [1.29, 1.82) is 10.5 Å². The van der Waals surface area contributed by atoms with Crippen LogP contribution in [0.1, 0.15) is 5.56 Å². The number of allylic oxidation sites excluding steroid dienone is 1. The molecule has 0 aliphatic carbocycles. The summed E-state index contributed by atoms with van der Waals surface area (Å²) in [5.41, 5.74) is 0.816. The van der Waals surface area contributed by atoms with Crippen LogP contribution in [0.25, 0.3) is 6.08 Å². The second-order valence-corrected chi connectivity index (χ2v) is 4.62. The highest BCUT2D eigenvalue weighted by atomic mass is 16.5. The zero-order valence-corrected chi connectivity index (χ0v) is 11.8. The Hall–Kier alpha value is -2.34. The first kappa shape index (κ1) is 15.1. The van der Waals surface area contributed by atoms with E-state index in [0.717, 1.165) is 38.4 Å². The first-order chi connectivity index (χ1) is 10.3. The minimum atomic E-state index is 0.0687. The first-order valence-corrected chi connectivity index (χ1v) is 6.87. The Labute approximate surface area is 124 Å². The van der Waals surface area contributed by atoms with Crippen molar-refractivity contribution < 1.29 is 9.47 Å². The van der Waals surface area contributed by atoms with Gasteiger partial charge in [0, 0.05) is 25.2 Å². The van der Waals surface area contributed by atoms with Crippen LogP contribution >= 0.6 is 0 Å². The largest absolute Gasteiger partial charge is 0.492 e. The van der Waals surface area contributed by atoms with Gasteiger partial charge in [0.1, 0.15) is 30.1 Å². The molecule has 1 saturated heterocycles. The molecule has 5 heteroatoms. The Balaban J connectivity index is 1.95. The SMILES string of the molecule is N#CC(C#N)=Cc1ccccc1OCCN1CCOCC1. The summed E-state index contributed by atoms with van der Waals surface area (Å²) < 4.78 is 11.1. The Bertz CT molecular complexity index is 562. The van der Waals surface area contributed by atoms with Gasteiger partial charge in [0.15, 0.2) is 0 Å². The van der Waals surface area contributed by atoms with E-state index >= 15 is 0 Å². The summed E-state index contributed by atoms with van der Waals surface area (Å²) in [5.74, 6) is 0.689. The van der Waals surface area contributed by atoms with Crippen molar-refractivity contribution in [3.63, 3.8) is 0 Å². The highest BCUT2D eigenvalue weighted by Crippen LogP contribution is 2.20. The Kier molecular flexibility index (Phi) is 5.78. The summed E-state index contributed by atoms with van der Waals surface area (Å²) in [7, 11) is 0. The van der Waals surface area contributed by atoms with E-state index in [1.807, 2.05) is 36.4 Å². The van der Waals surface area contributed by atoms with Gasteiger partial charge in [0.25, 0.3) is 0 Å². The monoisotopic (exact) mass is 283 g/mol. The molecule has 1 aromatic rings. The minimum Gasteiger partial charge on any atom is -0.492 e. The molecule has 0 unspecified atom stereocenters. The molecule has 0 radical (unpaired) electrons. The van der Waals surface area contributed by atoms with E-state index in [2.05, 4.69) is 4.90 Å². The summed E-state index contributed by atoms with van der Waals surface area (Å²) in [6, 6.07) is 11.1. The van der Waals surface area contributed by atoms with E-state index in [9.17, 15) is 0 Å². The lowest BCUT2D eigenvalue weighted by molar-refractivity contribution is 0.0322. The van der Waals surface area contributed by atoms with Crippen LogP contribution in [-0.4, -0.2) is 44.4 Å². The van der Waals surface area contributed by atoms with Crippen molar-refractivity contribution in [2.24, 2.45) is 0 Å². The predicted octanol–water partition coefficient (Wildman–Crippen LogP) is 1.83. The van der Waals surface area contributed by atoms with Gasteiger partial charge in [0.2, 0.25) is 0 Å². The van der Waals surface area contributed by atoms with E-state index in [0.29, 0.717) is 12.4 Å². The number of hydrogen-bond donors (Lipinski definition) is 0.